The molecule has 0 radical (unpaired) electrons. The lowest BCUT2D eigenvalue weighted by Crippen LogP contribution is -2.17. The molecular weight excluding hydrogens is 242 g/mol. The smallest absolute Gasteiger partial charge is 0.239 e. The number of hydrogen-bond acceptors (Lipinski definition) is 5. The second-order valence-electron chi connectivity index (χ2n) is 5.27. The van der Waals surface area contributed by atoms with Gasteiger partial charge in [-0.25, -0.2) is 0 Å². The number of nitrogen functional groups attached to an aromatic ring is 1. The molecule has 0 bridgehead atoms. The van der Waals surface area contributed by atoms with Crippen molar-refractivity contribution in [2.45, 2.75) is 32.6 Å². The molecule has 1 heterocycles. The van der Waals surface area contributed by atoms with Gasteiger partial charge in [-0.05, 0) is 43.2 Å². The minimum absolute atomic E-state index is 0.252. The Bertz CT molecular complexity index is 419. The summed E-state index contributed by atoms with van der Waals surface area (Å²) in [6, 6.07) is 3.68. The second kappa shape index (κ2) is 6.10. The minimum atomic E-state index is 0.252. The number of nitrogens with one attached hydrogen (secondary N) is 1. The summed E-state index contributed by atoms with van der Waals surface area (Å²) in [4.78, 5) is 4.38. The lowest BCUT2D eigenvalue weighted by Gasteiger charge is -2.16. The highest BCUT2D eigenvalue weighted by atomic mass is 16.5. The summed E-state index contributed by atoms with van der Waals surface area (Å²) in [5.41, 5.74) is 6.66. The van der Waals surface area contributed by atoms with E-state index in [1.165, 1.54) is 12.8 Å². The molecule has 0 atom stereocenters. The molecule has 1 aromatic heterocycles. The van der Waals surface area contributed by atoms with Crippen molar-refractivity contribution >= 4 is 11.5 Å². The molecule has 19 heavy (non-hydrogen) atoms. The maximum absolute atomic E-state index is 9.04. The fourth-order valence-electron chi connectivity index (χ4n) is 2.07. The van der Waals surface area contributed by atoms with E-state index < -0.39 is 0 Å². The fourth-order valence-corrected chi connectivity index (χ4v) is 2.07. The zero-order valence-corrected chi connectivity index (χ0v) is 11.5. The fraction of sp³-hybridized carbons (Fsp3) is 0.643. The van der Waals surface area contributed by atoms with Crippen LogP contribution in [0.1, 0.15) is 32.6 Å². The average molecular weight is 265 g/mol. The molecule has 2 rings (SSSR count). The normalized spacial score (nSPS) is 16.1. The van der Waals surface area contributed by atoms with Crippen LogP contribution >= 0.6 is 0 Å². The summed E-state index contributed by atoms with van der Waals surface area (Å²) in [5, 5.41) is 12.4. The van der Waals surface area contributed by atoms with Crippen molar-refractivity contribution in [2.24, 2.45) is 5.41 Å². The van der Waals surface area contributed by atoms with E-state index in [9.17, 15) is 0 Å². The van der Waals surface area contributed by atoms with Crippen LogP contribution in [0.25, 0.3) is 0 Å². The molecule has 106 valence electrons. The van der Waals surface area contributed by atoms with Crippen LogP contribution in [-0.4, -0.2) is 29.8 Å². The Balaban J connectivity index is 1.93. The Kier molecular flexibility index (Phi) is 4.47. The van der Waals surface area contributed by atoms with Gasteiger partial charge in [-0.1, -0.05) is 6.92 Å². The van der Waals surface area contributed by atoms with Crippen LogP contribution in [0.15, 0.2) is 12.1 Å². The van der Waals surface area contributed by atoms with Crippen molar-refractivity contribution in [1.29, 1.82) is 0 Å². The first-order valence-electron chi connectivity index (χ1n) is 6.93. The molecule has 0 spiro atoms. The number of rotatable bonds is 8. The Morgan fingerprint density at radius 2 is 2.26 bits per heavy atom. The number of pyridine rings is 1. The lowest BCUT2D eigenvalue weighted by molar-refractivity contribution is 0.253. The maximum atomic E-state index is 9.04. The molecule has 0 saturated heterocycles. The van der Waals surface area contributed by atoms with E-state index in [4.69, 9.17) is 15.6 Å². The number of aliphatic hydroxyl groups excluding tert-OH is 1. The third-order valence-corrected chi connectivity index (χ3v) is 3.58. The first kappa shape index (κ1) is 13.9. The van der Waals surface area contributed by atoms with E-state index in [1.807, 2.05) is 19.1 Å². The molecule has 1 aliphatic carbocycles. The van der Waals surface area contributed by atoms with Gasteiger partial charge in [-0.3, -0.25) is 0 Å². The molecule has 1 fully saturated rings. The number of aliphatic hydroxyl groups is 1. The highest BCUT2D eigenvalue weighted by Gasteiger charge is 2.41. The quantitative estimate of drug-likeness (QED) is 0.670. The van der Waals surface area contributed by atoms with E-state index in [2.05, 4.69) is 10.3 Å². The van der Waals surface area contributed by atoms with E-state index in [0.717, 1.165) is 25.2 Å². The van der Waals surface area contributed by atoms with Gasteiger partial charge in [-0.2, -0.15) is 4.98 Å². The SMILES string of the molecule is CCCOc1nc(NCC2(CCO)CC2)ccc1N. The molecule has 4 N–H and O–H groups in total. The molecule has 0 amide bonds. The van der Waals surface area contributed by atoms with Crippen molar-refractivity contribution in [1.82, 2.24) is 4.98 Å². The first-order chi connectivity index (χ1) is 9.19. The molecule has 5 heteroatoms. The van der Waals surface area contributed by atoms with Crippen LogP contribution in [0, 0.1) is 5.41 Å². The van der Waals surface area contributed by atoms with Crippen LogP contribution in [0.2, 0.25) is 0 Å². The van der Waals surface area contributed by atoms with Gasteiger partial charge >= 0.3 is 0 Å². The van der Waals surface area contributed by atoms with Gasteiger partial charge < -0.3 is 20.9 Å². The van der Waals surface area contributed by atoms with Gasteiger partial charge in [0.1, 0.15) is 5.82 Å². The van der Waals surface area contributed by atoms with Crippen molar-refractivity contribution in [3.63, 3.8) is 0 Å². The molecular formula is C14H23N3O2. The topological polar surface area (TPSA) is 80.4 Å². The van der Waals surface area contributed by atoms with E-state index >= 15 is 0 Å². The Hall–Kier alpha value is -1.49. The van der Waals surface area contributed by atoms with Gasteiger partial charge in [0.05, 0.1) is 12.3 Å². The standard InChI is InChI=1S/C14H23N3O2/c1-2-9-19-13-11(15)3-4-12(17-13)16-10-14(5-6-14)7-8-18/h3-4,18H,2,5-10,15H2,1H3,(H,16,17). The van der Waals surface area contributed by atoms with Crippen LogP contribution in [0.3, 0.4) is 0 Å². The zero-order valence-electron chi connectivity index (χ0n) is 11.5. The molecule has 1 aliphatic rings. The number of anilines is 2. The molecule has 1 aromatic rings. The van der Waals surface area contributed by atoms with Crippen LogP contribution < -0.4 is 15.8 Å². The Morgan fingerprint density at radius 3 is 2.89 bits per heavy atom. The van der Waals surface area contributed by atoms with Crippen LogP contribution in [-0.2, 0) is 0 Å². The highest BCUT2D eigenvalue weighted by Crippen LogP contribution is 2.48. The van der Waals surface area contributed by atoms with Crippen LogP contribution in [0.5, 0.6) is 5.88 Å². The van der Waals surface area contributed by atoms with Gasteiger partial charge in [0.2, 0.25) is 5.88 Å². The number of nitrogens with two attached hydrogens (primary N) is 1. The Labute approximate surface area is 114 Å². The molecule has 5 nitrogen and oxygen atoms in total. The highest BCUT2D eigenvalue weighted by molar-refractivity contribution is 5.53. The molecule has 1 saturated carbocycles. The van der Waals surface area contributed by atoms with E-state index in [0.29, 0.717) is 18.2 Å². The second-order valence-corrected chi connectivity index (χ2v) is 5.27. The first-order valence-corrected chi connectivity index (χ1v) is 6.93. The number of hydrogen-bond donors (Lipinski definition) is 3. The summed E-state index contributed by atoms with van der Waals surface area (Å²) in [6.07, 6.45) is 4.13. The summed E-state index contributed by atoms with van der Waals surface area (Å²) < 4.78 is 5.51. The summed E-state index contributed by atoms with van der Waals surface area (Å²) in [7, 11) is 0. The average Bonchev–Trinajstić information content (AvgIpc) is 3.17. The van der Waals surface area contributed by atoms with Crippen molar-refractivity contribution in [2.75, 3.05) is 30.8 Å². The van der Waals surface area contributed by atoms with Crippen molar-refractivity contribution in [3.05, 3.63) is 12.1 Å². The lowest BCUT2D eigenvalue weighted by atomic mass is 10.0. The maximum Gasteiger partial charge on any atom is 0.239 e. The number of nitrogens with zero attached hydrogens (tertiary/aromatic N) is 1. The summed E-state index contributed by atoms with van der Waals surface area (Å²) in [6.45, 7) is 3.76. The monoisotopic (exact) mass is 265 g/mol. The zero-order chi connectivity index (χ0) is 13.7. The molecule has 0 aromatic carbocycles. The summed E-state index contributed by atoms with van der Waals surface area (Å²) >= 11 is 0. The van der Waals surface area contributed by atoms with Crippen molar-refractivity contribution < 1.29 is 9.84 Å². The minimum Gasteiger partial charge on any atom is -0.476 e. The molecule has 0 unspecified atom stereocenters. The van der Waals surface area contributed by atoms with Gasteiger partial charge in [0.25, 0.3) is 0 Å². The van der Waals surface area contributed by atoms with Gasteiger partial charge in [0, 0.05) is 13.2 Å². The molecule has 0 aliphatic heterocycles. The third kappa shape index (κ3) is 3.73. The van der Waals surface area contributed by atoms with Crippen molar-refractivity contribution in [3.8, 4) is 5.88 Å². The summed E-state index contributed by atoms with van der Waals surface area (Å²) in [5.74, 6) is 1.28. The van der Waals surface area contributed by atoms with Gasteiger partial charge in [-0.15, -0.1) is 0 Å². The predicted octanol–water partition coefficient (Wildman–Crippen LogP) is 2.03. The Morgan fingerprint density at radius 1 is 1.47 bits per heavy atom. The third-order valence-electron chi connectivity index (χ3n) is 3.58. The number of ether oxygens (including phenoxy) is 1. The number of aromatic nitrogens is 1. The largest absolute Gasteiger partial charge is 0.476 e. The van der Waals surface area contributed by atoms with Crippen LogP contribution in [0.4, 0.5) is 11.5 Å². The van der Waals surface area contributed by atoms with Gasteiger partial charge in [0.15, 0.2) is 0 Å². The van der Waals surface area contributed by atoms with E-state index in [-0.39, 0.29) is 12.0 Å². The predicted molar refractivity (Wildman–Crippen MR) is 76.3 cm³/mol. The van der Waals surface area contributed by atoms with E-state index in [1.54, 1.807) is 0 Å².